The highest BCUT2D eigenvalue weighted by atomic mass is 79.9. The number of hydrogen-bond acceptors (Lipinski definition) is 6. The van der Waals surface area contributed by atoms with Crippen LogP contribution in [0.2, 0.25) is 5.02 Å². The van der Waals surface area contributed by atoms with E-state index in [2.05, 4.69) is 47.4 Å². The van der Waals surface area contributed by atoms with Gasteiger partial charge < -0.3 is 19.2 Å². The van der Waals surface area contributed by atoms with E-state index >= 15 is 0 Å². The van der Waals surface area contributed by atoms with Gasteiger partial charge in [-0.2, -0.15) is 5.10 Å². The van der Waals surface area contributed by atoms with Crippen LogP contribution in [0.15, 0.2) is 86.8 Å². The third-order valence-electron chi connectivity index (χ3n) is 6.51. The zero-order valence-electron chi connectivity index (χ0n) is 23.9. The summed E-state index contributed by atoms with van der Waals surface area (Å²) in [4.78, 5) is 29.7. The van der Waals surface area contributed by atoms with E-state index in [4.69, 9.17) is 25.8 Å². The number of carbonyl (C=O) groups excluding carboxylic acids is 2. The summed E-state index contributed by atoms with van der Waals surface area (Å²) in [5.74, 6) is -0.586. The summed E-state index contributed by atoms with van der Waals surface area (Å²) in [5.41, 5.74) is 4.81. The zero-order valence-corrected chi connectivity index (χ0v) is 27.8. The Morgan fingerprint density at radius 3 is 2.49 bits per heavy atom. The lowest BCUT2D eigenvalue weighted by molar-refractivity contribution is 0.0732. The average molecular weight is 758 g/mol. The third-order valence-corrected chi connectivity index (χ3v) is 7.89. The van der Waals surface area contributed by atoms with Gasteiger partial charge in [0, 0.05) is 37.1 Å². The van der Waals surface area contributed by atoms with Crippen molar-refractivity contribution in [1.82, 2.24) is 10.4 Å². The number of halogens is 4. The predicted octanol–water partition coefficient (Wildman–Crippen LogP) is 8.93. The second kappa shape index (κ2) is 14.3. The molecule has 0 aliphatic carbocycles. The second-order valence-electron chi connectivity index (χ2n) is 9.47. The van der Waals surface area contributed by atoms with Crippen molar-refractivity contribution in [3.63, 3.8) is 0 Å². The van der Waals surface area contributed by atoms with Crippen molar-refractivity contribution in [2.24, 2.45) is 5.10 Å². The van der Waals surface area contributed by atoms with Gasteiger partial charge in [-0.1, -0.05) is 45.7 Å². The molecule has 0 saturated carbocycles. The van der Waals surface area contributed by atoms with E-state index in [0.29, 0.717) is 66.3 Å². The molecule has 12 heteroatoms. The number of rotatable bonds is 10. The number of benzene rings is 4. The maximum Gasteiger partial charge on any atom is 0.343 e. The topological polar surface area (TPSA) is 102 Å². The van der Waals surface area contributed by atoms with Crippen LogP contribution in [0.3, 0.4) is 0 Å². The molecule has 45 heavy (non-hydrogen) atoms. The average Bonchev–Trinajstić information content (AvgIpc) is 3.38. The molecule has 1 heterocycles. The highest BCUT2D eigenvalue weighted by Gasteiger charge is 2.22. The number of aromatic amines is 1. The lowest BCUT2D eigenvalue weighted by Gasteiger charge is -2.13. The molecular formula is C33H25Br2ClFN3O5. The summed E-state index contributed by atoms with van der Waals surface area (Å²) < 4.78 is 32.3. The van der Waals surface area contributed by atoms with E-state index in [9.17, 15) is 14.0 Å². The van der Waals surface area contributed by atoms with E-state index < -0.39 is 17.7 Å². The van der Waals surface area contributed by atoms with Crippen molar-refractivity contribution in [2.45, 2.75) is 13.8 Å². The summed E-state index contributed by atoms with van der Waals surface area (Å²) in [5, 5.41) is 5.02. The van der Waals surface area contributed by atoms with Gasteiger partial charge in [0.25, 0.3) is 5.91 Å². The highest BCUT2D eigenvalue weighted by Crippen LogP contribution is 2.37. The van der Waals surface area contributed by atoms with Crippen molar-refractivity contribution < 1.29 is 28.2 Å². The van der Waals surface area contributed by atoms with Crippen LogP contribution in [-0.2, 0) is 0 Å². The first-order valence-electron chi connectivity index (χ1n) is 13.7. The van der Waals surface area contributed by atoms with E-state index in [-0.39, 0.29) is 17.0 Å². The van der Waals surface area contributed by atoms with Gasteiger partial charge in [0.1, 0.15) is 11.5 Å². The number of nitrogens with zero attached hydrogens (tertiary/aromatic N) is 1. The van der Waals surface area contributed by atoms with Gasteiger partial charge >= 0.3 is 5.97 Å². The van der Waals surface area contributed by atoms with Gasteiger partial charge in [-0.25, -0.2) is 14.6 Å². The number of ether oxygens (including phenoxy) is 3. The summed E-state index contributed by atoms with van der Waals surface area (Å²) in [6, 6.07) is 19.3. The molecule has 5 rings (SSSR count). The van der Waals surface area contributed by atoms with Gasteiger partial charge in [0.2, 0.25) is 0 Å². The third kappa shape index (κ3) is 7.22. The Labute approximate surface area is 279 Å². The number of esters is 1. The van der Waals surface area contributed by atoms with Crippen LogP contribution in [0.25, 0.3) is 22.0 Å². The van der Waals surface area contributed by atoms with Crippen LogP contribution < -0.4 is 19.6 Å². The Hall–Kier alpha value is -4.19. The molecule has 230 valence electrons. The Kier molecular flexibility index (Phi) is 10.2. The fraction of sp³-hybridized carbons (Fsp3) is 0.121. The van der Waals surface area contributed by atoms with Crippen molar-refractivity contribution in [2.75, 3.05) is 13.2 Å². The molecule has 1 amide bonds. The fourth-order valence-electron chi connectivity index (χ4n) is 4.61. The molecule has 5 aromatic rings. The van der Waals surface area contributed by atoms with Crippen molar-refractivity contribution >= 4 is 72.5 Å². The monoisotopic (exact) mass is 755 g/mol. The van der Waals surface area contributed by atoms with Crippen LogP contribution in [-0.4, -0.2) is 36.3 Å². The molecule has 0 aliphatic heterocycles. The minimum Gasteiger partial charge on any atom is -0.490 e. The Bertz CT molecular complexity index is 1950. The second-order valence-corrected chi connectivity index (χ2v) is 11.6. The van der Waals surface area contributed by atoms with E-state index in [0.717, 1.165) is 0 Å². The minimum absolute atomic E-state index is 0.142. The van der Waals surface area contributed by atoms with Crippen molar-refractivity contribution in [3.8, 4) is 28.4 Å². The van der Waals surface area contributed by atoms with Crippen molar-refractivity contribution in [1.29, 1.82) is 0 Å². The number of nitrogens with one attached hydrogen (secondary N) is 2. The lowest BCUT2D eigenvalue weighted by Crippen LogP contribution is -2.19. The van der Waals surface area contributed by atoms with Crippen LogP contribution >= 0.6 is 43.5 Å². The Morgan fingerprint density at radius 2 is 1.73 bits per heavy atom. The normalized spacial score (nSPS) is 11.2. The first kappa shape index (κ1) is 32.2. The first-order chi connectivity index (χ1) is 21.7. The van der Waals surface area contributed by atoms with Gasteiger partial charge in [0.15, 0.2) is 17.2 Å². The molecule has 0 aliphatic rings. The number of fused-ring (bicyclic) bond motifs is 1. The summed E-state index contributed by atoms with van der Waals surface area (Å²) in [6.07, 6.45) is 1.34. The molecule has 0 spiro atoms. The molecule has 0 fully saturated rings. The van der Waals surface area contributed by atoms with Gasteiger partial charge in [-0.15, -0.1) is 0 Å². The lowest BCUT2D eigenvalue weighted by atomic mass is 10.0. The number of carbonyl (C=O) groups is 2. The molecular weight excluding hydrogens is 733 g/mol. The predicted molar refractivity (Wildman–Crippen MR) is 179 cm³/mol. The molecule has 1 aromatic heterocycles. The Balaban J connectivity index is 1.43. The summed E-state index contributed by atoms with van der Waals surface area (Å²) in [6.45, 7) is 4.51. The Morgan fingerprint density at radius 1 is 0.978 bits per heavy atom. The highest BCUT2D eigenvalue weighted by molar-refractivity contribution is 9.11. The van der Waals surface area contributed by atoms with Crippen LogP contribution in [0.1, 0.15) is 40.3 Å². The summed E-state index contributed by atoms with van der Waals surface area (Å²) in [7, 11) is 0. The molecule has 0 bridgehead atoms. The largest absolute Gasteiger partial charge is 0.490 e. The molecule has 0 radical (unpaired) electrons. The number of amides is 1. The smallest absolute Gasteiger partial charge is 0.343 e. The maximum atomic E-state index is 14.2. The van der Waals surface area contributed by atoms with Gasteiger partial charge in [0.05, 0.1) is 29.5 Å². The maximum absolute atomic E-state index is 14.2. The number of H-pyrrole nitrogens is 1. The van der Waals surface area contributed by atoms with Gasteiger partial charge in [-0.05, 0) is 84.4 Å². The molecule has 8 nitrogen and oxygen atoms in total. The number of hydrazone groups is 1. The van der Waals surface area contributed by atoms with E-state index in [1.165, 1.54) is 18.3 Å². The van der Waals surface area contributed by atoms with E-state index in [1.807, 2.05) is 13.8 Å². The summed E-state index contributed by atoms with van der Waals surface area (Å²) >= 11 is 13.3. The van der Waals surface area contributed by atoms with E-state index in [1.54, 1.807) is 60.7 Å². The quantitative estimate of drug-likeness (QED) is 0.0642. The molecule has 0 saturated heterocycles. The van der Waals surface area contributed by atoms with Gasteiger partial charge in [-0.3, -0.25) is 4.79 Å². The molecule has 0 atom stereocenters. The van der Waals surface area contributed by atoms with Crippen molar-refractivity contribution in [3.05, 3.63) is 109 Å². The first-order valence-corrected chi connectivity index (χ1v) is 15.7. The van der Waals surface area contributed by atoms with Crippen LogP contribution in [0.4, 0.5) is 4.39 Å². The zero-order chi connectivity index (χ0) is 32.1. The standard InChI is InChI=1S/C33H25Br2ClFN3O5/c1-3-43-27-12-9-18(14-28(27)44-4-2)33(42)45-31-19(13-20(34)15-24(31)35)17-38-40-32(41)30-29(22-7-5-6-8-25(22)36)23-16-21(37)10-11-26(23)39-30/h5-17,39H,3-4H2,1-2H3,(H,40,41). The minimum atomic E-state index is -0.643. The molecule has 2 N–H and O–H groups in total. The van der Waals surface area contributed by atoms with Crippen LogP contribution in [0, 0.1) is 5.82 Å². The number of hydrogen-bond donors (Lipinski definition) is 2. The van der Waals surface area contributed by atoms with Crippen LogP contribution in [0.5, 0.6) is 17.2 Å². The SMILES string of the molecule is CCOc1ccc(C(=O)Oc2c(Br)cc(Br)cc2C=NNC(=O)c2[nH]c3ccc(F)cc3c2-c2ccccc2Cl)cc1OCC. The molecule has 4 aromatic carbocycles. The number of aromatic nitrogens is 1. The molecule has 0 unspecified atom stereocenters. The fourth-order valence-corrected chi connectivity index (χ4v) is 6.18.